The molecule has 0 bridgehead atoms. The van der Waals surface area contributed by atoms with E-state index in [2.05, 4.69) is 0 Å². The molecule has 4 aromatic rings. The van der Waals surface area contributed by atoms with Crippen LogP contribution in [0, 0.1) is 0 Å². The Morgan fingerprint density at radius 1 is 0.412 bits per heavy atom. The molecule has 4 rings (SSSR count). The third-order valence-electron chi connectivity index (χ3n) is 4.87. The molecule has 0 aliphatic carbocycles. The Balaban J connectivity index is 1.33. The Morgan fingerprint density at radius 2 is 0.735 bits per heavy atom. The second-order valence-electron chi connectivity index (χ2n) is 7.15. The molecule has 174 valence electrons. The summed E-state index contributed by atoms with van der Waals surface area (Å²) >= 11 is 0. The van der Waals surface area contributed by atoms with Gasteiger partial charge in [-0.25, -0.2) is 0 Å². The highest BCUT2D eigenvalue weighted by molar-refractivity contribution is 5.45. The zero-order valence-corrected chi connectivity index (χ0v) is 19.1. The molecule has 0 aliphatic rings. The summed E-state index contributed by atoms with van der Waals surface area (Å²) in [6, 6.07) is 29.8. The molecule has 0 aromatic heterocycles. The van der Waals surface area contributed by atoms with Gasteiger partial charge < -0.3 is 28.4 Å². The topological polar surface area (TPSA) is 55.4 Å². The van der Waals surface area contributed by atoms with Crippen LogP contribution >= 0.6 is 0 Å². The largest absolute Gasteiger partial charge is 0.497 e. The van der Waals surface area contributed by atoms with E-state index >= 15 is 0 Å². The molecule has 34 heavy (non-hydrogen) atoms. The standard InChI is InChI=1S/C28H26O6/c1-29-21-11-15-23(16-12-21)33-27-9-5-3-7-25(27)31-19-20-32-26-8-4-6-10-28(26)34-24-17-13-22(30-2)14-18-24/h3-18H,19-20H2,1-2H3. The van der Waals surface area contributed by atoms with Crippen molar-refractivity contribution in [3.05, 3.63) is 97.1 Å². The summed E-state index contributed by atoms with van der Waals surface area (Å²) in [5.74, 6) is 5.42. The van der Waals surface area contributed by atoms with Gasteiger partial charge in [-0.15, -0.1) is 0 Å². The second kappa shape index (κ2) is 11.5. The molecule has 0 saturated carbocycles. The van der Waals surface area contributed by atoms with E-state index in [1.165, 1.54) is 0 Å². The average Bonchev–Trinajstić information content (AvgIpc) is 2.89. The van der Waals surface area contributed by atoms with Crippen LogP contribution in [0.25, 0.3) is 0 Å². The third-order valence-corrected chi connectivity index (χ3v) is 4.87. The lowest BCUT2D eigenvalue weighted by molar-refractivity contribution is 0.209. The summed E-state index contributed by atoms with van der Waals surface area (Å²) in [6.45, 7) is 0.666. The average molecular weight is 459 g/mol. The predicted molar refractivity (Wildman–Crippen MR) is 130 cm³/mol. The first-order chi connectivity index (χ1) is 16.7. The molecular formula is C28H26O6. The monoisotopic (exact) mass is 458 g/mol. The third kappa shape index (κ3) is 6.13. The molecule has 0 atom stereocenters. The van der Waals surface area contributed by atoms with Crippen molar-refractivity contribution in [1.82, 2.24) is 0 Å². The minimum absolute atomic E-state index is 0.333. The van der Waals surface area contributed by atoms with Crippen molar-refractivity contribution in [2.75, 3.05) is 27.4 Å². The van der Waals surface area contributed by atoms with E-state index in [1.807, 2.05) is 97.1 Å². The first-order valence-corrected chi connectivity index (χ1v) is 10.8. The molecule has 0 fully saturated rings. The SMILES string of the molecule is COc1ccc(Oc2ccccc2OCCOc2ccccc2Oc2ccc(OC)cc2)cc1. The lowest BCUT2D eigenvalue weighted by Gasteiger charge is -2.15. The number of hydrogen-bond donors (Lipinski definition) is 0. The fourth-order valence-corrected chi connectivity index (χ4v) is 3.15. The highest BCUT2D eigenvalue weighted by Crippen LogP contribution is 2.33. The van der Waals surface area contributed by atoms with Crippen molar-refractivity contribution in [2.24, 2.45) is 0 Å². The zero-order valence-electron chi connectivity index (χ0n) is 19.1. The molecule has 6 nitrogen and oxygen atoms in total. The molecule has 0 spiro atoms. The van der Waals surface area contributed by atoms with E-state index in [4.69, 9.17) is 28.4 Å². The fourth-order valence-electron chi connectivity index (χ4n) is 3.15. The Labute approximate surface area is 199 Å². The summed E-state index contributed by atoms with van der Waals surface area (Å²) in [5, 5.41) is 0. The minimum Gasteiger partial charge on any atom is -0.497 e. The van der Waals surface area contributed by atoms with Gasteiger partial charge in [0, 0.05) is 0 Å². The molecule has 0 N–H and O–H groups in total. The highest BCUT2D eigenvalue weighted by Gasteiger charge is 2.09. The number of methoxy groups -OCH3 is 2. The van der Waals surface area contributed by atoms with Crippen molar-refractivity contribution in [3.63, 3.8) is 0 Å². The first kappa shape index (κ1) is 22.9. The molecular weight excluding hydrogens is 432 g/mol. The van der Waals surface area contributed by atoms with Gasteiger partial charge in [0.15, 0.2) is 23.0 Å². The maximum absolute atomic E-state index is 5.98. The number of para-hydroxylation sites is 4. The Hall–Kier alpha value is -4.32. The van der Waals surface area contributed by atoms with Crippen LogP contribution in [0.3, 0.4) is 0 Å². The van der Waals surface area contributed by atoms with Crippen molar-refractivity contribution in [2.45, 2.75) is 0 Å². The van der Waals surface area contributed by atoms with E-state index in [0.717, 1.165) is 11.5 Å². The van der Waals surface area contributed by atoms with Gasteiger partial charge in [-0.3, -0.25) is 0 Å². The van der Waals surface area contributed by atoms with Crippen LogP contribution in [0.1, 0.15) is 0 Å². The van der Waals surface area contributed by atoms with Gasteiger partial charge in [0.05, 0.1) is 14.2 Å². The van der Waals surface area contributed by atoms with Gasteiger partial charge in [0.25, 0.3) is 0 Å². The Morgan fingerprint density at radius 3 is 1.09 bits per heavy atom. The summed E-state index contributed by atoms with van der Waals surface area (Å²) in [6.07, 6.45) is 0. The lowest BCUT2D eigenvalue weighted by atomic mass is 10.3. The van der Waals surface area contributed by atoms with Gasteiger partial charge in [-0.05, 0) is 72.8 Å². The molecule has 4 aromatic carbocycles. The molecule has 0 radical (unpaired) electrons. The normalized spacial score (nSPS) is 10.3. The smallest absolute Gasteiger partial charge is 0.169 e. The van der Waals surface area contributed by atoms with E-state index in [1.54, 1.807) is 14.2 Å². The number of hydrogen-bond acceptors (Lipinski definition) is 6. The van der Waals surface area contributed by atoms with Gasteiger partial charge in [-0.1, -0.05) is 24.3 Å². The van der Waals surface area contributed by atoms with Gasteiger partial charge in [0.1, 0.15) is 36.2 Å². The van der Waals surface area contributed by atoms with Crippen molar-refractivity contribution in [3.8, 4) is 46.0 Å². The van der Waals surface area contributed by atoms with Crippen LogP contribution in [-0.4, -0.2) is 27.4 Å². The van der Waals surface area contributed by atoms with E-state index in [0.29, 0.717) is 47.7 Å². The number of rotatable bonds is 11. The molecule has 0 aliphatic heterocycles. The minimum atomic E-state index is 0.333. The predicted octanol–water partition coefficient (Wildman–Crippen LogP) is 6.75. The second-order valence-corrected chi connectivity index (χ2v) is 7.15. The van der Waals surface area contributed by atoms with Crippen LogP contribution in [0.4, 0.5) is 0 Å². The Kier molecular flexibility index (Phi) is 7.74. The molecule has 0 amide bonds. The first-order valence-electron chi connectivity index (χ1n) is 10.8. The maximum atomic E-state index is 5.98. The van der Waals surface area contributed by atoms with Crippen LogP contribution in [-0.2, 0) is 0 Å². The number of benzene rings is 4. The molecule has 0 unspecified atom stereocenters. The van der Waals surface area contributed by atoms with Gasteiger partial charge in [0.2, 0.25) is 0 Å². The molecule has 6 heteroatoms. The van der Waals surface area contributed by atoms with Crippen LogP contribution in [0.5, 0.6) is 46.0 Å². The summed E-state index contributed by atoms with van der Waals surface area (Å²) < 4.78 is 34.2. The van der Waals surface area contributed by atoms with E-state index in [9.17, 15) is 0 Å². The lowest BCUT2D eigenvalue weighted by Crippen LogP contribution is -2.10. The van der Waals surface area contributed by atoms with Crippen LogP contribution in [0.15, 0.2) is 97.1 Å². The van der Waals surface area contributed by atoms with Crippen molar-refractivity contribution >= 4 is 0 Å². The summed E-state index contributed by atoms with van der Waals surface area (Å²) in [4.78, 5) is 0. The highest BCUT2D eigenvalue weighted by atomic mass is 16.6. The summed E-state index contributed by atoms with van der Waals surface area (Å²) in [7, 11) is 3.26. The van der Waals surface area contributed by atoms with Gasteiger partial charge >= 0.3 is 0 Å². The zero-order chi connectivity index (χ0) is 23.6. The van der Waals surface area contributed by atoms with Gasteiger partial charge in [-0.2, -0.15) is 0 Å². The Bertz CT molecular complexity index is 1080. The van der Waals surface area contributed by atoms with E-state index in [-0.39, 0.29) is 0 Å². The van der Waals surface area contributed by atoms with Crippen molar-refractivity contribution in [1.29, 1.82) is 0 Å². The van der Waals surface area contributed by atoms with Crippen LogP contribution < -0.4 is 28.4 Å². The molecule has 0 saturated heterocycles. The molecule has 0 heterocycles. The fraction of sp³-hybridized carbons (Fsp3) is 0.143. The maximum Gasteiger partial charge on any atom is 0.169 e. The van der Waals surface area contributed by atoms with Crippen molar-refractivity contribution < 1.29 is 28.4 Å². The summed E-state index contributed by atoms with van der Waals surface area (Å²) in [5.41, 5.74) is 0. The number of ether oxygens (including phenoxy) is 6. The van der Waals surface area contributed by atoms with Crippen LogP contribution in [0.2, 0.25) is 0 Å². The van der Waals surface area contributed by atoms with E-state index < -0.39 is 0 Å². The quantitative estimate of drug-likeness (QED) is 0.232.